The van der Waals surface area contributed by atoms with E-state index >= 15 is 0 Å². The number of H-pyrrole nitrogens is 1. The molecule has 5 nitrogen and oxygen atoms in total. The summed E-state index contributed by atoms with van der Waals surface area (Å²) in [4.78, 5) is 26.9. The van der Waals surface area contributed by atoms with E-state index in [2.05, 4.69) is 15.6 Å². The van der Waals surface area contributed by atoms with Crippen LogP contribution in [0.1, 0.15) is 10.4 Å². The number of hydrogen-bond donors (Lipinski definition) is 3. The van der Waals surface area contributed by atoms with Crippen LogP contribution in [-0.4, -0.2) is 23.3 Å². The zero-order valence-corrected chi connectivity index (χ0v) is 11.8. The highest BCUT2D eigenvalue weighted by atomic mass is 16.2. The molecule has 3 aromatic rings. The normalized spacial score (nSPS) is 10.4. The van der Waals surface area contributed by atoms with Gasteiger partial charge in [0.15, 0.2) is 0 Å². The molecular weight excluding hydrogens is 278 g/mol. The molecule has 3 rings (SSSR count). The summed E-state index contributed by atoms with van der Waals surface area (Å²) in [6.07, 6.45) is 1.82. The molecule has 0 aliphatic carbocycles. The van der Waals surface area contributed by atoms with Crippen molar-refractivity contribution in [2.45, 2.75) is 0 Å². The van der Waals surface area contributed by atoms with E-state index in [1.165, 1.54) is 0 Å². The maximum absolute atomic E-state index is 12.0. The van der Waals surface area contributed by atoms with E-state index in [1.807, 2.05) is 36.5 Å². The number of nitrogens with one attached hydrogen (secondary N) is 3. The van der Waals surface area contributed by atoms with Crippen LogP contribution < -0.4 is 10.6 Å². The molecule has 1 aromatic heterocycles. The highest BCUT2D eigenvalue weighted by molar-refractivity contribution is 6.03. The van der Waals surface area contributed by atoms with Crippen LogP contribution in [0.2, 0.25) is 0 Å². The Balaban J connectivity index is 1.61. The van der Waals surface area contributed by atoms with Crippen LogP contribution >= 0.6 is 0 Å². The van der Waals surface area contributed by atoms with Crippen LogP contribution in [0.3, 0.4) is 0 Å². The molecule has 0 atom stereocenters. The van der Waals surface area contributed by atoms with Gasteiger partial charge in [-0.15, -0.1) is 0 Å². The standard InChI is InChI=1S/C17H15N3O2/c21-16(11-19-17(22)12-5-2-1-3-6-12)20-15-8-4-7-14-13(15)9-10-18-14/h1-10,18H,11H2,(H,19,22)(H,20,21). The van der Waals surface area contributed by atoms with E-state index in [4.69, 9.17) is 0 Å². The third kappa shape index (κ3) is 2.98. The summed E-state index contributed by atoms with van der Waals surface area (Å²) in [5.74, 6) is -0.534. The van der Waals surface area contributed by atoms with E-state index in [1.54, 1.807) is 24.3 Å². The van der Waals surface area contributed by atoms with Crippen LogP contribution in [0.5, 0.6) is 0 Å². The maximum Gasteiger partial charge on any atom is 0.251 e. The van der Waals surface area contributed by atoms with Crippen molar-refractivity contribution in [3.63, 3.8) is 0 Å². The highest BCUT2D eigenvalue weighted by Crippen LogP contribution is 2.21. The molecule has 0 unspecified atom stereocenters. The summed E-state index contributed by atoms with van der Waals surface area (Å²) in [6.45, 7) is -0.0749. The van der Waals surface area contributed by atoms with Crippen LogP contribution in [0.25, 0.3) is 10.9 Å². The molecule has 5 heteroatoms. The van der Waals surface area contributed by atoms with Crippen molar-refractivity contribution in [2.24, 2.45) is 0 Å². The van der Waals surface area contributed by atoms with Crippen LogP contribution in [-0.2, 0) is 4.79 Å². The summed E-state index contributed by atoms with van der Waals surface area (Å²) < 4.78 is 0. The van der Waals surface area contributed by atoms with E-state index < -0.39 is 0 Å². The Morgan fingerprint density at radius 1 is 0.955 bits per heavy atom. The number of anilines is 1. The van der Waals surface area contributed by atoms with Gasteiger partial charge in [-0.3, -0.25) is 9.59 Å². The number of rotatable bonds is 4. The Morgan fingerprint density at radius 3 is 2.59 bits per heavy atom. The summed E-state index contributed by atoms with van der Waals surface area (Å²) in [6, 6.07) is 16.3. The second kappa shape index (κ2) is 6.13. The fourth-order valence-electron chi connectivity index (χ4n) is 2.24. The first-order valence-electron chi connectivity index (χ1n) is 6.93. The predicted octanol–water partition coefficient (Wildman–Crippen LogP) is 2.54. The molecule has 2 aromatic carbocycles. The number of carbonyl (C=O) groups is 2. The van der Waals surface area contributed by atoms with Crippen LogP contribution in [0.15, 0.2) is 60.8 Å². The molecule has 0 bridgehead atoms. The van der Waals surface area contributed by atoms with Crippen molar-refractivity contribution < 1.29 is 9.59 Å². The van der Waals surface area contributed by atoms with Gasteiger partial charge in [0.05, 0.1) is 12.2 Å². The Hall–Kier alpha value is -3.08. The zero-order valence-electron chi connectivity index (χ0n) is 11.8. The highest BCUT2D eigenvalue weighted by Gasteiger charge is 2.09. The van der Waals surface area contributed by atoms with Gasteiger partial charge in [-0.25, -0.2) is 0 Å². The van der Waals surface area contributed by atoms with Gasteiger partial charge in [0.2, 0.25) is 5.91 Å². The minimum absolute atomic E-state index is 0.0749. The summed E-state index contributed by atoms with van der Waals surface area (Å²) in [5.41, 5.74) is 2.20. The van der Waals surface area contributed by atoms with Gasteiger partial charge >= 0.3 is 0 Å². The Labute approximate surface area is 127 Å². The number of fused-ring (bicyclic) bond motifs is 1. The third-order valence-electron chi connectivity index (χ3n) is 3.31. The van der Waals surface area contributed by atoms with Gasteiger partial charge in [-0.2, -0.15) is 0 Å². The lowest BCUT2D eigenvalue weighted by Gasteiger charge is -2.08. The molecule has 22 heavy (non-hydrogen) atoms. The van der Waals surface area contributed by atoms with Gasteiger partial charge in [0.25, 0.3) is 5.91 Å². The molecule has 0 saturated carbocycles. The summed E-state index contributed by atoms with van der Waals surface area (Å²) >= 11 is 0. The number of aromatic amines is 1. The van der Waals surface area contributed by atoms with Crippen molar-refractivity contribution in [3.8, 4) is 0 Å². The topological polar surface area (TPSA) is 74.0 Å². The molecule has 0 saturated heterocycles. The van der Waals surface area contributed by atoms with Gasteiger partial charge in [-0.05, 0) is 30.3 Å². The van der Waals surface area contributed by atoms with E-state index in [9.17, 15) is 9.59 Å². The second-order valence-electron chi connectivity index (χ2n) is 4.84. The molecule has 0 fully saturated rings. The minimum Gasteiger partial charge on any atom is -0.361 e. The number of amides is 2. The lowest BCUT2D eigenvalue weighted by atomic mass is 10.2. The zero-order chi connectivity index (χ0) is 15.4. The third-order valence-corrected chi connectivity index (χ3v) is 3.31. The average Bonchev–Trinajstić information content (AvgIpc) is 3.03. The Morgan fingerprint density at radius 2 is 1.77 bits per heavy atom. The first-order valence-corrected chi connectivity index (χ1v) is 6.93. The average molecular weight is 293 g/mol. The number of carbonyl (C=O) groups excluding carboxylic acids is 2. The molecular formula is C17H15N3O2. The van der Waals surface area contributed by atoms with Crippen molar-refractivity contribution in [2.75, 3.05) is 11.9 Å². The molecule has 0 spiro atoms. The van der Waals surface area contributed by atoms with Gasteiger partial charge in [0.1, 0.15) is 0 Å². The number of aromatic nitrogens is 1. The first-order chi connectivity index (χ1) is 10.7. The van der Waals surface area contributed by atoms with Gasteiger partial charge in [0, 0.05) is 22.7 Å². The van der Waals surface area contributed by atoms with E-state index in [-0.39, 0.29) is 18.4 Å². The molecule has 0 aliphatic heterocycles. The number of benzene rings is 2. The molecule has 110 valence electrons. The quantitative estimate of drug-likeness (QED) is 0.691. The van der Waals surface area contributed by atoms with Crippen molar-refractivity contribution in [1.82, 2.24) is 10.3 Å². The summed E-state index contributed by atoms with van der Waals surface area (Å²) in [7, 11) is 0. The Bertz CT molecular complexity index is 809. The van der Waals surface area contributed by atoms with Gasteiger partial charge in [-0.1, -0.05) is 24.3 Å². The molecule has 0 aliphatic rings. The maximum atomic E-state index is 12.0. The SMILES string of the molecule is O=C(CNC(=O)c1ccccc1)Nc1cccc2[nH]ccc12. The predicted molar refractivity (Wildman–Crippen MR) is 85.7 cm³/mol. The monoisotopic (exact) mass is 293 g/mol. The number of hydrogen-bond acceptors (Lipinski definition) is 2. The largest absolute Gasteiger partial charge is 0.361 e. The first kappa shape index (κ1) is 13.9. The molecule has 2 amide bonds. The smallest absolute Gasteiger partial charge is 0.251 e. The molecule has 1 heterocycles. The van der Waals surface area contributed by atoms with E-state index in [0.29, 0.717) is 5.56 Å². The van der Waals surface area contributed by atoms with Crippen molar-refractivity contribution in [1.29, 1.82) is 0 Å². The van der Waals surface area contributed by atoms with Crippen LogP contribution in [0, 0.1) is 0 Å². The Kier molecular flexibility index (Phi) is 3.87. The minimum atomic E-state index is -0.268. The van der Waals surface area contributed by atoms with Crippen molar-refractivity contribution >= 4 is 28.4 Å². The fraction of sp³-hybridized carbons (Fsp3) is 0.0588. The van der Waals surface area contributed by atoms with Crippen molar-refractivity contribution in [3.05, 3.63) is 66.4 Å². The lowest BCUT2D eigenvalue weighted by molar-refractivity contribution is -0.115. The van der Waals surface area contributed by atoms with Gasteiger partial charge < -0.3 is 15.6 Å². The second-order valence-corrected chi connectivity index (χ2v) is 4.84. The molecule has 0 radical (unpaired) electrons. The lowest BCUT2D eigenvalue weighted by Crippen LogP contribution is -2.32. The summed E-state index contributed by atoms with van der Waals surface area (Å²) in [5, 5.41) is 6.34. The van der Waals surface area contributed by atoms with Crippen LogP contribution in [0.4, 0.5) is 5.69 Å². The molecule has 3 N–H and O–H groups in total. The van der Waals surface area contributed by atoms with E-state index in [0.717, 1.165) is 16.6 Å². The fourth-order valence-corrected chi connectivity index (χ4v) is 2.24.